The van der Waals surface area contributed by atoms with E-state index in [2.05, 4.69) is 0 Å². The van der Waals surface area contributed by atoms with Crippen LogP contribution in [0, 0.1) is 0 Å². The molecule has 0 unspecified atom stereocenters. The largest absolute Gasteiger partial charge is 0.466 e. The normalized spacial score (nSPS) is 11.5. The molecule has 0 fully saturated rings. The van der Waals surface area contributed by atoms with Gasteiger partial charge < -0.3 is 67.2 Å². The Morgan fingerprint density at radius 1 is 0.405 bits per heavy atom. The molecule has 0 aliphatic carbocycles. The molecule has 0 rings (SSSR count). The van der Waals surface area contributed by atoms with E-state index < -0.39 is 7.82 Å². The van der Waals surface area contributed by atoms with Crippen LogP contribution in [0.2, 0.25) is 0 Å². The maximum Gasteiger partial charge on any atom is 0.466 e. The van der Waals surface area contributed by atoms with Crippen molar-refractivity contribution in [2.24, 2.45) is 0 Å². The standard InChI is InChI=1S/C21H44O11.H3O4P/c1-23-4-5-25-8-9-27-12-13-29-16-17-31-20-21-32-19-18-30-15-14-28-11-10-26-7-6-24-3-2-22;1-5(2,3)4/h22H,2-21H2,1H3;(H3,1,2,3,4). The predicted molar refractivity (Wildman–Crippen MR) is 131 cm³/mol. The molecule has 0 aromatic rings. The molecule has 0 saturated carbocycles. The highest BCUT2D eigenvalue weighted by atomic mass is 31.2. The zero-order chi connectivity index (χ0) is 27.7. The average Bonchev–Trinajstić information content (AvgIpc) is 2.85. The van der Waals surface area contributed by atoms with Crippen molar-refractivity contribution in [3.63, 3.8) is 0 Å². The molecule has 0 aromatic carbocycles. The minimum absolute atomic E-state index is 0.0301. The molecule has 0 bridgehead atoms. The molecule has 226 valence electrons. The van der Waals surface area contributed by atoms with Crippen molar-refractivity contribution < 1.29 is 71.7 Å². The number of hydrogen-bond acceptors (Lipinski definition) is 12. The zero-order valence-corrected chi connectivity index (χ0v) is 22.8. The van der Waals surface area contributed by atoms with E-state index >= 15 is 0 Å². The van der Waals surface area contributed by atoms with Crippen molar-refractivity contribution in [1.82, 2.24) is 0 Å². The lowest BCUT2D eigenvalue weighted by molar-refractivity contribution is -0.0263. The van der Waals surface area contributed by atoms with Crippen molar-refractivity contribution in [3.8, 4) is 0 Å². The third kappa shape index (κ3) is 49.2. The summed E-state index contributed by atoms with van der Waals surface area (Å²) in [5.74, 6) is 0. The maximum absolute atomic E-state index is 8.88. The van der Waals surface area contributed by atoms with Crippen LogP contribution in [0.25, 0.3) is 0 Å². The van der Waals surface area contributed by atoms with Crippen molar-refractivity contribution in [2.45, 2.75) is 0 Å². The van der Waals surface area contributed by atoms with Gasteiger partial charge in [0.15, 0.2) is 0 Å². The highest BCUT2D eigenvalue weighted by Gasteiger charge is 2.00. The van der Waals surface area contributed by atoms with Gasteiger partial charge in [-0.05, 0) is 0 Å². The minimum Gasteiger partial charge on any atom is -0.394 e. The fourth-order valence-corrected chi connectivity index (χ4v) is 2.07. The molecule has 0 aliphatic heterocycles. The van der Waals surface area contributed by atoms with Gasteiger partial charge in [0.05, 0.1) is 132 Å². The number of hydrogen-bond donors (Lipinski definition) is 4. The first-order chi connectivity index (χ1) is 17.9. The quantitative estimate of drug-likeness (QED) is 0.0622. The zero-order valence-electron chi connectivity index (χ0n) is 21.9. The van der Waals surface area contributed by atoms with Crippen molar-refractivity contribution >= 4 is 7.82 Å². The highest BCUT2D eigenvalue weighted by molar-refractivity contribution is 7.45. The molecule has 0 spiro atoms. The van der Waals surface area contributed by atoms with Crippen molar-refractivity contribution in [3.05, 3.63) is 0 Å². The van der Waals surface area contributed by atoms with Crippen molar-refractivity contribution in [2.75, 3.05) is 139 Å². The van der Waals surface area contributed by atoms with E-state index in [1.165, 1.54) is 0 Å². The summed E-state index contributed by atoms with van der Waals surface area (Å²) in [4.78, 5) is 21.6. The summed E-state index contributed by atoms with van der Waals surface area (Å²) >= 11 is 0. The molecule has 0 radical (unpaired) electrons. The number of methoxy groups -OCH3 is 1. The fourth-order valence-electron chi connectivity index (χ4n) is 2.07. The predicted octanol–water partition coefficient (Wildman–Crippen LogP) is -1.15. The summed E-state index contributed by atoms with van der Waals surface area (Å²) in [6, 6.07) is 0. The number of ether oxygens (including phenoxy) is 10. The molecule has 0 saturated heterocycles. The smallest absolute Gasteiger partial charge is 0.394 e. The molecule has 37 heavy (non-hydrogen) atoms. The molecule has 15 nitrogen and oxygen atoms in total. The second-order valence-corrected chi connectivity index (χ2v) is 7.77. The Kier molecular flexibility index (Phi) is 35.4. The Bertz CT molecular complexity index is 417. The summed E-state index contributed by atoms with van der Waals surface area (Å²) in [6.07, 6.45) is 0. The molecular formula is C21H47O15P. The van der Waals surface area contributed by atoms with Crippen LogP contribution in [0.1, 0.15) is 0 Å². The van der Waals surface area contributed by atoms with Crippen molar-refractivity contribution in [1.29, 1.82) is 0 Å². The van der Waals surface area contributed by atoms with Crippen LogP contribution in [-0.2, 0) is 51.9 Å². The number of phosphoric acid groups is 1. The Morgan fingerprint density at radius 2 is 0.568 bits per heavy atom. The Morgan fingerprint density at radius 3 is 0.730 bits per heavy atom. The first kappa shape index (κ1) is 38.8. The Balaban J connectivity index is 0. The van der Waals surface area contributed by atoms with Gasteiger partial charge in [0, 0.05) is 7.11 Å². The second-order valence-electron chi connectivity index (χ2n) is 6.74. The van der Waals surface area contributed by atoms with Crippen LogP contribution < -0.4 is 0 Å². The highest BCUT2D eigenvalue weighted by Crippen LogP contribution is 2.25. The van der Waals surface area contributed by atoms with E-state index in [4.69, 9.17) is 71.7 Å². The van der Waals surface area contributed by atoms with Gasteiger partial charge in [-0.15, -0.1) is 0 Å². The van der Waals surface area contributed by atoms with E-state index in [9.17, 15) is 0 Å². The summed E-state index contributed by atoms with van der Waals surface area (Å²) in [7, 11) is -3.00. The SMILES string of the molecule is COCCOCCOCCOCCOCCOCCOCCOCCOCCOCCO.O=P(O)(O)O. The van der Waals surface area contributed by atoms with Gasteiger partial charge in [-0.25, -0.2) is 4.57 Å². The van der Waals surface area contributed by atoms with E-state index in [1.807, 2.05) is 0 Å². The van der Waals surface area contributed by atoms with E-state index in [0.717, 1.165) is 0 Å². The van der Waals surface area contributed by atoms with E-state index in [1.54, 1.807) is 7.11 Å². The van der Waals surface area contributed by atoms with Gasteiger partial charge in [-0.1, -0.05) is 0 Å². The van der Waals surface area contributed by atoms with Crippen LogP contribution in [0.15, 0.2) is 0 Å². The lowest BCUT2D eigenvalue weighted by Crippen LogP contribution is -2.15. The molecule has 4 N–H and O–H groups in total. The summed E-state index contributed by atoms with van der Waals surface area (Å²) in [5, 5.41) is 8.54. The van der Waals surface area contributed by atoms with Gasteiger partial charge in [0.25, 0.3) is 0 Å². The molecular weight excluding hydrogens is 523 g/mol. The van der Waals surface area contributed by atoms with Gasteiger partial charge >= 0.3 is 7.82 Å². The lowest BCUT2D eigenvalue weighted by atomic mass is 10.6. The van der Waals surface area contributed by atoms with E-state index in [0.29, 0.717) is 126 Å². The van der Waals surface area contributed by atoms with Crippen LogP contribution in [0.5, 0.6) is 0 Å². The first-order valence-electron chi connectivity index (χ1n) is 12.0. The third-order valence-electron chi connectivity index (χ3n) is 3.64. The third-order valence-corrected chi connectivity index (χ3v) is 3.64. The molecule has 0 aliphatic rings. The van der Waals surface area contributed by atoms with Gasteiger partial charge in [0.2, 0.25) is 0 Å². The second kappa shape index (κ2) is 33.7. The fraction of sp³-hybridized carbons (Fsp3) is 1.00. The van der Waals surface area contributed by atoms with Gasteiger partial charge in [0.1, 0.15) is 0 Å². The van der Waals surface area contributed by atoms with Crippen LogP contribution in [0.4, 0.5) is 0 Å². The number of aliphatic hydroxyl groups excluding tert-OH is 1. The Labute approximate surface area is 219 Å². The minimum atomic E-state index is -4.64. The number of aliphatic hydroxyl groups is 1. The van der Waals surface area contributed by atoms with Crippen LogP contribution >= 0.6 is 7.82 Å². The van der Waals surface area contributed by atoms with E-state index in [-0.39, 0.29) is 6.61 Å². The summed E-state index contributed by atoms with van der Waals surface area (Å²) in [5.41, 5.74) is 0. The monoisotopic (exact) mass is 570 g/mol. The topological polar surface area (TPSA) is 190 Å². The first-order valence-corrected chi connectivity index (χ1v) is 13.6. The van der Waals surface area contributed by atoms with Crippen LogP contribution in [0.3, 0.4) is 0 Å². The van der Waals surface area contributed by atoms with Crippen LogP contribution in [-0.4, -0.2) is 159 Å². The summed E-state index contributed by atoms with van der Waals surface area (Å²) in [6.45, 7) is 9.89. The number of rotatable bonds is 29. The molecule has 0 amide bonds. The molecule has 0 aromatic heterocycles. The van der Waals surface area contributed by atoms with Gasteiger partial charge in [-0.2, -0.15) is 0 Å². The summed E-state index contributed by atoms with van der Waals surface area (Å²) < 4.78 is 61.8. The molecule has 0 atom stereocenters. The maximum atomic E-state index is 8.88. The van der Waals surface area contributed by atoms with Gasteiger partial charge in [-0.3, -0.25) is 0 Å². The lowest BCUT2D eigenvalue weighted by Gasteiger charge is -2.08. The Hall–Kier alpha value is -0.330. The molecule has 16 heteroatoms. The average molecular weight is 571 g/mol. The molecule has 0 heterocycles.